The number of thiazole rings is 1. The summed E-state index contributed by atoms with van der Waals surface area (Å²) < 4.78 is 11.5. The van der Waals surface area contributed by atoms with Crippen molar-refractivity contribution >= 4 is 33.4 Å². The Balaban J connectivity index is 1.28. The number of fused-ring (bicyclic) bond motifs is 1. The van der Waals surface area contributed by atoms with Gasteiger partial charge in [-0.05, 0) is 35.9 Å². The van der Waals surface area contributed by atoms with Crippen LogP contribution in [0.5, 0.6) is 5.75 Å². The summed E-state index contributed by atoms with van der Waals surface area (Å²) in [7, 11) is 3.26. The molecule has 0 spiro atoms. The lowest BCUT2D eigenvalue weighted by Crippen LogP contribution is -2.52. The Morgan fingerprint density at radius 1 is 0.974 bits per heavy atom. The second-order valence-corrected chi connectivity index (χ2v) is 10.4. The van der Waals surface area contributed by atoms with Crippen LogP contribution < -0.4 is 10.1 Å². The summed E-state index contributed by atoms with van der Waals surface area (Å²) in [5.41, 5.74) is 3.39. The zero-order valence-corrected chi connectivity index (χ0v) is 22.9. The summed E-state index contributed by atoms with van der Waals surface area (Å²) in [5, 5.41) is 3.84. The molecule has 2 heterocycles. The largest absolute Gasteiger partial charge is 0.497 e. The Morgan fingerprint density at radius 3 is 2.51 bits per heavy atom. The molecule has 1 aliphatic heterocycles. The molecule has 1 unspecified atom stereocenters. The fraction of sp³-hybridized carbons (Fsp3) is 0.300. The number of piperazine rings is 1. The standard InChI is InChI=1S/C30H32N4O4S/c1-37-18-13-31-28(35)27(21-7-4-3-5-8-21)33-14-16-34(17-15-33)30(36)23-10-6-9-22(19-23)29-32-25-12-11-24(38-2)20-26(25)39-29/h3-12,19-20,27H,13-18H2,1-2H3,(H,31,35). The maximum Gasteiger partial charge on any atom is 0.253 e. The maximum absolute atomic E-state index is 13.5. The quantitative estimate of drug-likeness (QED) is 0.318. The van der Waals surface area contributed by atoms with Crippen molar-refractivity contribution in [2.24, 2.45) is 0 Å². The Hall–Kier alpha value is -3.79. The van der Waals surface area contributed by atoms with Crippen molar-refractivity contribution in [3.8, 4) is 16.3 Å². The first-order chi connectivity index (χ1) is 19.1. The van der Waals surface area contributed by atoms with Crippen molar-refractivity contribution in [1.82, 2.24) is 20.1 Å². The molecule has 1 aliphatic rings. The summed E-state index contributed by atoms with van der Waals surface area (Å²) in [4.78, 5) is 35.4. The number of ether oxygens (including phenoxy) is 2. The molecule has 5 rings (SSSR count). The normalized spacial score (nSPS) is 14.8. The number of nitrogens with zero attached hydrogens (tertiary/aromatic N) is 3. The molecule has 2 amide bonds. The molecule has 0 aliphatic carbocycles. The Morgan fingerprint density at radius 2 is 1.77 bits per heavy atom. The fourth-order valence-corrected chi connectivity index (χ4v) is 5.83. The van der Waals surface area contributed by atoms with Crippen molar-refractivity contribution in [2.75, 3.05) is 53.6 Å². The second kappa shape index (κ2) is 12.4. The van der Waals surface area contributed by atoms with E-state index in [0.717, 1.165) is 32.1 Å². The summed E-state index contributed by atoms with van der Waals surface area (Å²) in [6.07, 6.45) is 0. The average Bonchev–Trinajstić information content (AvgIpc) is 3.42. The van der Waals surface area contributed by atoms with Crippen molar-refractivity contribution in [3.63, 3.8) is 0 Å². The molecule has 4 aromatic rings. The van der Waals surface area contributed by atoms with Crippen LogP contribution in [0.4, 0.5) is 0 Å². The highest BCUT2D eigenvalue weighted by Crippen LogP contribution is 2.33. The monoisotopic (exact) mass is 544 g/mol. The molecule has 3 aromatic carbocycles. The Kier molecular flexibility index (Phi) is 8.51. The highest BCUT2D eigenvalue weighted by Gasteiger charge is 2.31. The zero-order valence-electron chi connectivity index (χ0n) is 22.1. The lowest BCUT2D eigenvalue weighted by molar-refractivity contribution is -0.127. The first kappa shape index (κ1) is 26.8. The minimum Gasteiger partial charge on any atom is -0.497 e. The number of nitrogens with one attached hydrogen (secondary N) is 1. The lowest BCUT2D eigenvalue weighted by atomic mass is 10.0. The predicted octanol–water partition coefficient (Wildman–Crippen LogP) is 4.23. The molecule has 8 nitrogen and oxygen atoms in total. The second-order valence-electron chi connectivity index (χ2n) is 9.36. The number of hydrogen-bond donors (Lipinski definition) is 1. The summed E-state index contributed by atoms with van der Waals surface area (Å²) in [6.45, 7) is 3.19. The molecule has 1 atom stereocenters. The molecular formula is C30H32N4O4S. The molecule has 39 heavy (non-hydrogen) atoms. The first-order valence-electron chi connectivity index (χ1n) is 13.0. The van der Waals surface area contributed by atoms with Gasteiger partial charge in [-0.1, -0.05) is 42.5 Å². The van der Waals surface area contributed by atoms with E-state index < -0.39 is 6.04 Å². The van der Waals surface area contributed by atoms with Crippen molar-refractivity contribution in [3.05, 3.63) is 83.9 Å². The van der Waals surface area contributed by atoms with Crippen molar-refractivity contribution in [2.45, 2.75) is 6.04 Å². The average molecular weight is 545 g/mol. The SMILES string of the molecule is COCCNC(=O)C(c1ccccc1)N1CCN(C(=O)c2cccc(-c3nc4ccc(OC)cc4s3)c2)CC1. The number of carbonyl (C=O) groups excluding carboxylic acids is 2. The van der Waals surface area contributed by atoms with E-state index in [0.29, 0.717) is 44.9 Å². The van der Waals surface area contributed by atoms with Crippen LogP contribution in [0.1, 0.15) is 22.0 Å². The number of benzene rings is 3. The minimum absolute atomic E-state index is 0.0138. The van der Waals surface area contributed by atoms with E-state index in [2.05, 4.69) is 10.2 Å². The van der Waals surface area contributed by atoms with E-state index in [4.69, 9.17) is 14.5 Å². The van der Waals surface area contributed by atoms with Crippen LogP contribution in [0.3, 0.4) is 0 Å². The van der Waals surface area contributed by atoms with E-state index in [9.17, 15) is 9.59 Å². The van der Waals surface area contributed by atoms with Crippen LogP contribution >= 0.6 is 11.3 Å². The summed E-state index contributed by atoms with van der Waals surface area (Å²) in [6, 6.07) is 22.8. The third-order valence-electron chi connectivity index (χ3n) is 6.89. The van der Waals surface area contributed by atoms with Crippen molar-refractivity contribution in [1.29, 1.82) is 0 Å². The number of amides is 2. The maximum atomic E-state index is 13.5. The zero-order chi connectivity index (χ0) is 27.2. The van der Waals surface area contributed by atoms with Gasteiger partial charge >= 0.3 is 0 Å². The third kappa shape index (κ3) is 6.11. The third-order valence-corrected chi connectivity index (χ3v) is 7.96. The highest BCUT2D eigenvalue weighted by molar-refractivity contribution is 7.21. The molecule has 1 fully saturated rings. The van der Waals surface area contributed by atoms with E-state index in [-0.39, 0.29) is 11.8 Å². The Labute approximate surface area is 232 Å². The number of rotatable bonds is 9. The van der Waals surface area contributed by atoms with Crippen molar-refractivity contribution < 1.29 is 19.1 Å². The molecule has 202 valence electrons. The number of aromatic nitrogens is 1. The van der Waals surface area contributed by atoms with Gasteiger partial charge in [0.25, 0.3) is 5.91 Å². The number of hydrogen-bond acceptors (Lipinski definition) is 7. The van der Waals surface area contributed by atoms with Gasteiger partial charge < -0.3 is 19.7 Å². The van der Waals surface area contributed by atoms with Gasteiger partial charge in [0.1, 0.15) is 16.8 Å². The summed E-state index contributed by atoms with van der Waals surface area (Å²) in [5.74, 6) is 0.724. The fourth-order valence-electron chi connectivity index (χ4n) is 4.84. The van der Waals surface area contributed by atoms with Crippen LogP contribution in [0.2, 0.25) is 0 Å². The van der Waals surface area contributed by atoms with E-state index in [1.807, 2.05) is 77.7 Å². The lowest BCUT2D eigenvalue weighted by Gasteiger charge is -2.38. The summed E-state index contributed by atoms with van der Waals surface area (Å²) >= 11 is 1.58. The van der Waals surface area contributed by atoms with Gasteiger partial charge in [-0.3, -0.25) is 14.5 Å². The molecule has 0 radical (unpaired) electrons. The van der Waals surface area contributed by atoms with Gasteiger partial charge in [0.05, 0.1) is 23.9 Å². The molecule has 1 aromatic heterocycles. The van der Waals surface area contributed by atoms with Gasteiger partial charge in [0, 0.05) is 51.0 Å². The number of carbonyl (C=O) groups is 2. The van der Waals surface area contributed by atoms with Gasteiger partial charge in [0.15, 0.2) is 0 Å². The van der Waals surface area contributed by atoms with Gasteiger partial charge in [-0.2, -0.15) is 0 Å². The first-order valence-corrected chi connectivity index (χ1v) is 13.8. The molecular weight excluding hydrogens is 512 g/mol. The topological polar surface area (TPSA) is 84.0 Å². The van der Waals surface area contributed by atoms with Crippen LogP contribution in [-0.2, 0) is 9.53 Å². The van der Waals surface area contributed by atoms with Crippen LogP contribution in [0.25, 0.3) is 20.8 Å². The van der Waals surface area contributed by atoms with Crippen LogP contribution in [0.15, 0.2) is 72.8 Å². The molecule has 0 bridgehead atoms. The molecule has 0 saturated carbocycles. The highest BCUT2D eigenvalue weighted by atomic mass is 32.1. The Bertz CT molecular complexity index is 1430. The van der Waals surface area contributed by atoms with Gasteiger partial charge in [-0.25, -0.2) is 4.98 Å². The smallest absolute Gasteiger partial charge is 0.253 e. The van der Waals surface area contributed by atoms with E-state index in [1.165, 1.54) is 0 Å². The molecule has 9 heteroatoms. The number of methoxy groups -OCH3 is 2. The molecule has 1 N–H and O–H groups in total. The molecule has 1 saturated heterocycles. The van der Waals surface area contributed by atoms with E-state index in [1.54, 1.807) is 25.6 Å². The van der Waals surface area contributed by atoms with Gasteiger partial charge in [-0.15, -0.1) is 11.3 Å². The van der Waals surface area contributed by atoms with Crippen LogP contribution in [0, 0.1) is 0 Å². The van der Waals surface area contributed by atoms with Gasteiger partial charge in [0.2, 0.25) is 5.91 Å². The predicted molar refractivity (Wildman–Crippen MR) is 153 cm³/mol. The van der Waals surface area contributed by atoms with E-state index >= 15 is 0 Å². The van der Waals surface area contributed by atoms with Crippen LogP contribution in [-0.4, -0.2) is 80.1 Å². The minimum atomic E-state index is -0.415.